The maximum Gasteiger partial charge on any atom is 0.260 e. The second-order valence-electron chi connectivity index (χ2n) is 7.14. The SMILES string of the molecule is CC(Oc1ccccc1C(C)C)C(=O)NCCNC(=O)CNC(=O)c1ccccc1. The number of para-hydroxylation sites is 1. The maximum absolute atomic E-state index is 12.2. The van der Waals surface area contributed by atoms with Gasteiger partial charge < -0.3 is 20.7 Å². The van der Waals surface area contributed by atoms with Gasteiger partial charge in [0.15, 0.2) is 6.10 Å². The predicted molar refractivity (Wildman–Crippen MR) is 115 cm³/mol. The van der Waals surface area contributed by atoms with E-state index in [1.54, 1.807) is 31.2 Å². The molecule has 0 fully saturated rings. The van der Waals surface area contributed by atoms with Crippen LogP contribution in [-0.2, 0) is 9.59 Å². The molecule has 1 unspecified atom stereocenters. The number of ether oxygens (including phenoxy) is 1. The molecule has 2 aromatic rings. The highest BCUT2D eigenvalue weighted by molar-refractivity contribution is 5.96. The van der Waals surface area contributed by atoms with Crippen molar-refractivity contribution in [2.75, 3.05) is 19.6 Å². The van der Waals surface area contributed by atoms with Gasteiger partial charge >= 0.3 is 0 Å². The first-order valence-electron chi connectivity index (χ1n) is 10.0. The molecule has 160 valence electrons. The van der Waals surface area contributed by atoms with Crippen LogP contribution >= 0.6 is 0 Å². The van der Waals surface area contributed by atoms with Crippen molar-refractivity contribution in [3.8, 4) is 5.75 Å². The minimum absolute atomic E-state index is 0.132. The van der Waals surface area contributed by atoms with Crippen LogP contribution < -0.4 is 20.7 Å². The standard InChI is InChI=1S/C23H29N3O4/c1-16(2)19-11-7-8-12-20(19)30-17(3)22(28)25-14-13-24-21(27)15-26-23(29)18-9-5-4-6-10-18/h4-12,16-17H,13-15H2,1-3H3,(H,24,27)(H,25,28)(H,26,29). The van der Waals surface area contributed by atoms with Crippen molar-refractivity contribution in [1.29, 1.82) is 0 Å². The van der Waals surface area contributed by atoms with Crippen molar-refractivity contribution >= 4 is 17.7 Å². The van der Waals surface area contributed by atoms with Crippen LogP contribution in [0.25, 0.3) is 0 Å². The van der Waals surface area contributed by atoms with E-state index in [-0.39, 0.29) is 43.3 Å². The molecule has 0 aliphatic heterocycles. The lowest BCUT2D eigenvalue weighted by Crippen LogP contribution is -2.43. The van der Waals surface area contributed by atoms with Gasteiger partial charge in [-0.05, 0) is 36.6 Å². The van der Waals surface area contributed by atoms with Crippen LogP contribution in [0.1, 0.15) is 42.6 Å². The Bertz CT molecular complexity index is 853. The van der Waals surface area contributed by atoms with E-state index in [0.29, 0.717) is 11.3 Å². The molecule has 0 aliphatic carbocycles. The van der Waals surface area contributed by atoms with E-state index in [2.05, 4.69) is 29.8 Å². The van der Waals surface area contributed by atoms with Crippen LogP contribution in [-0.4, -0.2) is 43.5 Å². The zero-order valence-corrected chi connectivity index (χ0v) is 17.6. The maximum atomic E-state index is 12.2. The highest BCUT2D eigenvalue weighted by Gasteiger charge is 2.17. The smallest absolute Gasteiger partial charge is 0.260 e. The van der Waals surface area contributed by atoms with Gasteiger partial charge in [0.25, 0.3) is 11.8 Å². The Morgan fingerprint density at radius 3 is 2.17 bits per heavy atom. The van der Waals surface area contributed by atoms with E-state index in [1.807, 2.05) is 30.3 Å². The molecule has 0 aromatic heterocycles. The first-order valence-corrected chi connectivity index (χ1v) is 10.0. The monoisotopic (exact) mass is 411 g/mol. The van der Waals surface area contributed by atoms with Crippen LogP contribution in [0.15, 0.2) is 54.6 Å². The van der Waals surface area contributed by atoms with Crippen molar-refractivity contribution in [3.05, 3.63) is 65.7 Å². The second-order valence-corrected chi connectivity index (χ2v) is 7.14. The largest absolute Gasteiger partial charge is 0.481 e. The summed E-state index contributed by atoms with van der Waals surface area (Å²) in [5, 5.41) is 7.93. The molecule has 30 heavy (non-hydrogen) atoms. The molecule has 0 radical (unpaired) electrons. The molecule has 0 bridgehead atoms. The summed E-state index contributed by atoms with van der Waals surface area (Å²) in [5.41, 5.74) is 1.53. The predicted octanol–water partition coefficient (Wildman–Crippen LogP) is 2.24. The minimum Gasteiger partial charge on any atom is -0.481 e. The van der Waals surface area contributed by atoms with Crippen molar-refractivity contribution in [2.24, 2.45) is 0 Å². The van der Waals surface area contributed by atoms with Crippen molar-refractivity contribution in [2.45, 2.75) is 32.8 Å². The van der Waals surface area contributed by atoms with Gasteiger partial charge in [0, 0.05) is 18.7 Å². The van der Waals surface area contributed by atoms with E-state index < -0.39 is 6.10 Å². The molecule has 0 saturated heterocycles. The Hall–Kier alpha value is -3.35. The fraction of sp³-hybridized carbons (Fsp3) is 0.348. The van der Waals surface area contributed by atoms with Crippen LogP contribution in [0.2, 0.25) is 0 Å². The number of carbonyl (C=O) groups is 3. The highest BCUT2D eigenvalue weighted by Crippen LogP contribution is 2.26. The lowest BCUT2D eigenvalue weighted by molar-refractivity contribution is -0.127. The lowest BCUT2D eigenvalue weighted by atomic mass is 10.0. The van der Waals surface area contributed by atoms with Crippen molar-refractivity contribution in [3.63, 3.8) is 0 Å². The summed E-state index contributed by atoms with van der Waals surface area (Å²) in [5.74, 6) is 0.0715. The van der Waals surface area contributed by atoms with Crippen LogP contribution in [0.5, 0.6) is 5.75 Å². The van der Waals surface area contributed by atoms with Gasteiger partial charge in [0.1, 0.15) is 5.75 Å². The zero-order chi connectivity index (χ0) is 21.9. The molecule has 2 aromatic carbocycles. The summed E-state index contributed by atoms with van der Waals surface area (Å²) < 4.78 is 5.81. The Labute approximate surface area is 177 Å². The quantitative estimate of drug-likeness (QED) is 0.523. The first-order chi connectivity index (χ1) is 14.4. The molecule has 1 atom stereocenters. The molecule has 3 amide bonds. The topological polar surface area (TPSA) is 96.5 Å². The number of hydrogen-bond acceptors (Lipinski definition) is 4. The second kappa shape index (κ2) is 11.6. The van der Waals surface area contributed by atoms with Gasteiger partial charge in [-0.3, -0.25) is 14.4 Å². The van der Waals surface area contributed by atoms with Crippen LogP contribution in [0.4, 0.5) is 0 Å². The molecular weight excluding hydrogens is 382 g/mol. The fourth-order valence-electron chi connectivity index (χ4n) is 2.75. The first kappa shape index (κ1) is 22.9. The number of amides is 3. The summed E-state index contributed by atoms with van der Waals surface area (Å²) in [6.45, 7) is 6.20. The molecule has 0 saturated carbocycles. The van der Waals surface area contributed by atoms with Gasteiger partial charge in [-0.2, -0.15) is 0 Å². The Morgan fingerprint density at radius 2 is 1.47 bits per heavy atom. The van der Waals surface area contributed by atoms with E-state index in [1.165, 1.54) is 0 Å². The number of benzene rings is 2. The van der Waals surface area contributed by atoms with Crippen LogP contribution in [0.3, 0.4) is 0 Å². The van der Waals surface area contributed by atoms with Gasteiger partial charge in [-0.15, -0.1) is 0 Å². The number of rotatable bonds is 10. The lowest BCUT2D eigenvalue weighted by Gasteiger charge is -2.18. The summed E-state index contributed by atoms with van der Waals surface area (Å²) >= 11 is 0. The molecule has 0 spiro atoms. The Balaban J connectivity index is 1.67. The van der Waals surface area contributed by atoms with E-state index in [9.17, 15) is 14.4 Å². The molecular formula is C23H29N3O4. The minimum atomic E-state index is -0.661. The van der Waals surface area contributed by atoms with E-state index in [4.69, 9.17) is 4.74 Å². The highest BCUT2D eigenvalue weighted by atomic mass is 16.5. The van der Waals surface area contributed by atoms with Crippen molar-refractivity contribution in [1.82, 2.24) is 16.0 Å². The Morgan fingerprint density at radius 1 is 0.833 bits per heavy atom. The summed E-state index contributed by atoms with van der Waals surface area (Å²) in [6, 6.07) is 16.3. The number of hydrogen-bond donors (Lipinski definition) is 3. The van der Waals surface area contributed by atoms with Gasteiger partial charge in [-0.25, -0.2) is 0 Å². The van der Waals surface area contributed by atoms with Crippen molar-refractivity contribution < 1.29 is 19.1 Å². The molecule has 7 heteroatoms. The number of nitrogens with one attached hydrogen (secondary N) is 3. The molecule has 3 N–H and O–H groups in total. The Kier molecular flexibility index (Phi) is 8.87. The van der Waals surface area contributed by atoms with Gasteiger partial charge in [0.05, 0.1) is 6.54 Å². The third-order valence-corrected chi connectivity index (χ3v) is 4.41. The average molecular weight is 412 g/mol. The molecule has 7 nitrogen and oxygen atoms in total. The van der Waals surface area contributed by atoms with Crippen LogP contribution in [0, 0.1) is 0 Å². The van der Waals surface area contributed by atoms with Gasteiger partial charge in [0.2, 0.25) is 5.91 Å². The third-order valence-electron chi connectivity index (χ3n) is 4.41. The molecule has 0 aliphatic rings. The average Bonchev–Trinajstić information content (AvgIpc) is 2.75. The summed E-state index contributed by atoms with van der Waals surface area (Å²) in [7, 11) is 0. The summed E-state index contributed by atoms with van der Waals surface area (Å²) in [4.78, 5) is 36.0. The molecule has 0 heterocycles. The third kappa shape index (κ3) is 7.24. The fourth-order valence-corrected chi connectivity index (χ4v) is 2.75. The zero-order valence-electron chi connectivity index (χ0n) is 17.6. The van der Waals surface area contributed by atoms with Gasteiger partial charge in [-0.1, -0.05) is 50.2 Å². The van der Waals surface area contributed by atoms with E-state index in [0.717, 1.165) is 5.56 Å². The normalized spacial score (nSPS) is 11.5. The summed E-state index contributed by atoms with van der Waals surface area (Å²) in [6.07, 6.45) is -0.661. The number of carbonyl (C=O) groups excluding carboxylic acids is 3. The van der Waals surface area contributed by atoms with E-state index >= 15 is 0 Å². The molecule has 2 rings (SSSR count).